The molecule has 1 atom stereocenters. The van der Waals surface area contributed by atoms with Crippen LogP contribution in [0, 0.1) is 6.42 Å². The molecule has 0 aliphatic carbocycles. The van der Waals surface area contributed by atoms with E-state index in [4.69, 9.17) is 0 Å². The third-order valence-corrected chi connectivity index (χ3v) is 1.92. The monoisotopic (exact) mass is 155 g/mol. The Morgan fingerprint density at radius 3 is 2.91 bits per heavy atom. The van der Waals surface area contributed by atoms with E-state index in [2.05, 4.69) is 11.7 Å². The van der Waals surface area contributed by atoms with Gasteiger partial charge in [0.25, 0.3) is 0 Å². The fourth-order valence-electron chi connectivity index (χ4n) is 1.17. The van der Waals surface area contributed by atoms with Gasteiger partial charge in [0.05, 0.1) is 0 Å². The normalized spacial score (nSPS) is 23.6. The second kappa shape index (κ2) is 3.72. The first-order valence-electron chi connectivity index (χ1n) is 3.95. The van der Waals surface area contributed by atoms with Crippen LogP contribution in [-0.2, 0) is 4.79 Å². The summed E-state index contributed by atoms with van der Waals surface area (Å²) >= 11 is 0. The van der Waals surface area contributed by atoms with Crippen LogP contribution >= 0.6 is 0 Å². The molecule has 1 fully saturated rings. The third kappa shape index (κ3) is 2.50. The van der Waals surface area contributed by atoms with Crippen molar-refractivity contribution < 1.29 is 4.79 Å². The van der Waals surface area contributed by atoms with E-state index in [1.165, 1.54) is 0 Å². The summed E-state index contributed by atoms with van der Waals surface area (Å²) in [5.41, 5.74) is 0. The Bertz CT molecular complexity index is 139. The van der Waals surface area contributed by atoms with E-state index in [0.717, 1.165) is 13.0 Å². The fraction of sp³-hybridized carbons (Fsp3) is 0.750. The summed E-state index contributed by atoms with van der Waals surface area (Å²) in [6, 6.07) is 0.380. The molecule has 1 aliphatic heterocycles. The molecule has 0 unspecified atom stereocenters. The first kappa shape index (κ1) is 8.53. The molecule has 1 heterocycles. The van der Waals surface area contributed by atoms with Gasteiger partial charge >= 0.3 is 0 Å². The van der Waals surface area contributed by atoms with Gasteiger partial charge in [0.2, 0.25) is 5.91 Å². The molecule has 0 spiro atoms. The first-order valence-corrected chi connectivity index (χ1v) is 3.95. The Balaban J connectivity index is 2.24. The second-order valence-electron chi connectivity index (χ2n) is 3.12. The van der Waals surface area contributed by atoms with Crippen LogP contribution in [-0.4, -0.2) is 37.5 Å². The zero-order chi connectivity index (χ0) is 8.27. The molecule has 3 nitrogen and oxygen atoms in total. The highest BCUT2D eigenvalue weighted by Gasteiger charge is 2.18. The number of carbonyl (C=O) groups is 1. The largest absolute Gasteiger partial charge is 0.349 e. The number of nitrogens with zero attached hydrogens (tertiary/aromatic N) is 1. The van der Waals surface area contributed by atoms with E-state index in [9.17, 15) is 4.79 Å². The van der Waals surface area contributed by atoms with Crippen molar-refractivity contribution in [2.75, 3.05) is 20.6 Å². The zero-order valence-electron chi connectivity index (χ0n) is 7.13. The van der Waals surface area contributed by atoms with Gasteiger partial charge in [0, 0.05) is 26.6 Å². The lowest BCUT2D eigenvalue weighted by atomic mass is 10.1. The highest BCUT2D eigenvalue weighted by atomic mass is 16.2. The SMILES string of the molecule is CN(C)C(=O)C[C@@H]1C[CH]CN1. The minimum Gasteiger partial charge on any atom is -0.349 e. The second-order valence-corrected chi connectivity index (χ2v) is 3.12. The summed E-state index contributed by atoms with van der Waals surface area (Å²) in [7, 11) is 3.59. The van der Waals surface area contributed by atoms with Gasteiger partial charge in [0.15, 0.2) is 0 Å². The van der Waals surface area contributed by atoms with Gasteiger partial charge in [-0.05, 0) is 19.4 Å². The van der Waals surface area contributed by atoms with Crippen molar-refractivity contribution in [1.29, 1.82) is 0 Å². The summed E-state index contributed by atoms with van der Waals surface area (Å²) in [4.78, 5) is 12.8. The van der Waals surface area contributed by atoms with Gasteiger partial charge in [-0.15, -0.1) is 0 Å². The fourth-order valence-corrected chi connectivity index (χ4v) is 1.17. The number of hydrogen-bond donors (Lipinski definition) is 1. The molecule has 1 N–H and O–H groups in total. The summed E-state index contributed by atoms with van der Waals surface area (Å²) in [5.74, 6) is 0.206. The first-order chi connectivity index (χ1) is 5.20. The van der Waals surface area contributed by atoms with Gasteiger partial charge in [0.1, 0.15) is 0 Å². The van der Waals surface area contributed by atoms with Crippen LogP contribution in [0.3, 0.4) is 0 Å². The molecule has 0 aromatic heterocycles. The highest BCUT2D eigenvalue weighted by Crippen LogP contribution is 2.08. The Kier molecular flexibility index (Phi) is 2.88. The molecule has 1 saturated heterocycles. The van der Waals surface area contributed by atoms with Crippen LogP contribution in [0.2, 0.25) is 0 Å². The minimum absolute atomic E-state index is 0.206. The molecular formula is C8H15N2O. The Morgan fingerprint density at radius 2 is 2.45 bits per heavy atom. The van der Waals surface area contributed by atoms with Gasteiger partial charge in [-0.3, -0.25) is 4.79 Å². The average Bonchev–Trinajstić information content (AvgIpc) is 2.39. The number of nitrogens with one attached hydrogen (secondary N) is 1. The predicted molar refractivity (Wildman–Crippen MR) is 44.0 cm³/mol. The van der Waals surface area contributed by atoms with Crippen LogP contribution in [0.15, 0.2) is 0 Å². The van der Waals surface area contributed by atoms with Gasteiger partial charge in [-0.25, -0.2) is 0 Å². The molecule has 11 heavy (non-hydrogen) atoms. The molecule has 0 aromatic rings. The van der Waals surface area contributed by atoms with Crippen LogP contribution in [0.5, 0.6) is 0 Å². The van der Waals surface area contributed by atoms with Crippen LogP contribution in [0.25, 0.3) is 0 Å². The molecule has 0 aromatic carbocycles. The maximum absolute atomic E-state index is 11.2. The molecule has 1 rings (SSSR count). The van der Waals surface area contributed by atoms with Gasteiger partial charge in [-0.2, -0.15) is 0 Å². The van der Waals surface area contributed by atoms with Crippen molar-refractivity contribution >= 4 is 5.91 Å². The summed E-state index contributed by atoms with van der Waals surface area (Å²) < 4.78 is 0. The summed E-state index contributed by atoms with van der Waals surface area (Å²) in [6.45, 7) is 0.950. The van der Waals surface area contributed by atoms with Crippen molar-refractivity contribution in [3.05, 3.63) is 6.42 Å². The number of rotatable bonds is 2. The van der Waals surface area contributed by atoms with Gasteiger partial charge in [-0.1, -0.05) is 0 Å². The predicted octanol–water partition coefficient (Wildman–Crippen LogP) is 0.0309. The maximum Gasteiger partial charge on any atom is 0.223 e. The zero-order valence-corrected chi connectivity index (χ0v) is 7.13. The number of amides is 1. The van der Waals surface area contributed by atoms with Crippen LogP contribution in [0.4, 0.5) is 0 Å². The molecule has 1 radical (unpaired) electrons. The van der Waals surface area contributed by atoms with Crippen molar-refractivity contribution in [1.82, 2.24) is 10.2 Å². The van der Waals surface area contributed by atoms with Gasteiger partial charge < -0.3 is 10.2 Å². The Hall–Kier alpha value is -0.570. The quantitative estimate of drug-likeness (QED) is 0.610. The standard InChI is InChI=1S/C8H15N2O/c1-10(2)8(11)6-7-4-3-5-9-7/h3,7,9H,4-6H2,1-2H3/t7-/m0/s1. The third-order valence-electron chi connectivity index (χ3n) is 1.92. The van der Waals surface area contributed by atoms with Crippen LogP contribution in [0.1, 0.15) is 12.8 Å². The molecule has 63 valence electrons. The van der Waals surface area contributed by atoms with Crippen molar-refractivity contribution in [3.8, 4) is 0 Å². The lowest BCUT2D eigenvalue weighted by Gasteiger charge is -2.13. The van der Waals surface area contributed by atoms with E-state index in [1.807, 2.05) is 0 Å². The molecule has 1 aliphatic rings. The van der Waals surface area contributed by atoms with E-state index >= 15 is 0 Å². The van der Waals surface area contributed by atoms with Crippen molar-refractivity contribution in [2.45, 2.75) is 18.9 Å². The molecular weight excluding hydrogens is 140 g/mol. The molecule has 0 bridgehead atoms. The van der Waals surface area contributed by atoms with Crippen LogP contribution < -0.4 is 5.32 Å². The van der Waals surface area contributed by atoms with Crippen molar-refractivity contribution in [2.24, 2.45) is 0 Å². The smallest absolute Gasteiger partial charge is 0.223 e. The van der Waals surface area contributed by atoms with E-state index in [-0.39, 0.29) is 5.91 Å². The Labute approximate surface area is 67.8 Å². The topological polar surface area (TPSA) is 32.3 Å². The lowest BCUT2D eigenvalue weighted by Crippen LogP contribution is -2.31. The molecule has 3 heteroatoms. The molecule has 1 amide bonds. The average molecular weight is 155 g/mol. The van der Waals surface area contributed by atoms with E-state index in [1.54, 1.807) is 19.0 Å². The highest BCUT2D eigenvalue weighted by molar-refractivity contribution is 5.76. The van der Waals surface area contributed by atoms with E-state index < -0.39 is 0 Å². The summed E-state index contributed by atoms with van der Waals surface area (Å²) in [6.07, 6.45) is 3.83. The summed E-state index contributed by atoms with van der Waals surface area (Å²) in [5, 5.41) is 3.24. The maximum atomic E-state index is 11.2. The minimum atomic E-state index is 0.206. The Morgan fingerprint density at radius 1 is 1.73 bits per heavy atom. The van der Waals surface area contributed by atoms with Crippen molar-refractivity contribution in [3.63, 3.8) is 0 Å². The van der Waals surface area contributed by atoms with E-state index in [0.29, 0.717) is 12.5 Å². The number of carbonyl (C=O) groups excluding carboxylic acids is 1. The molecule has 0 saturated carbocycles. The lowest BCUT2D eigenvalue weighted by molar-refractivity contribution is -0.129. The number of hydrogen-bond acceptors (Lipinski definition) is 2.